The summed E-state index contributed by atoms with van der Waals surface area (Å²) in [7, 11) is 0. The molecule has 0 aliphatic carbocycles. The maximum atomic E-state index is 11.4. The number of hydrogen-bond acceptors (Lipinski definition) is 2. The van der Waals surface area contributed by atoms with E-state index in [9.17, 15) is 9.59 Å². The zero-order chi connectivity index (χ0) is 13.0. The Balaban J connectivity index is 2.26. The summed E-state index contributed by atoms with van der Waals surface area (Å²) in [6.45, 7) is 2.04. The van der Waals surface area contributed by atoms with Gasteiger partial charge in [-0.3, -0.25) is 9.59 Å². The van der Waals surface area contributed by atoms with E-state index in [4.69, 9.17) is 0 Å². The van der Waals surface area contributed by atoms with Crippen LogP contribution in [0, 0.1) is 6.92 Å². The van der Waals surface area contributed by atoms with E-state index in [0.29, 0.717) is 12.8 Å². The van der Waals surface area contributed by atoms with Crippen molar-refractivity contribution in [2.24, 2.45) is 0 Å². The lowest BCUT2D eigenvalue weighted by Crippen LogP contribution is -2.13. The van der Waals surface area contributed by atoms with Crippen molar-refractivity contribution in [3.8, 4) is 0 Å². The molecule has 1 aromatic heterocycles. The van der Waals surface area contributed by atoms with Crippen molar-refractivity contribution in [1.82, 2.24) is 4.98 Å². The van der Waals surface area contributed by atoms with E-state index < -0.39 is 0 Å². The number of benzene rings is 1. The first-order valence-corrected chi connectivity index (χ1v) is 5.66. The van der Waals surface area contributed by atoms with Crippen LogP contribution in [0.4, 0.5) is 5.69 Å². The van der Waals surface area contributed by atoms with Crippen molar-refractivity contribution < 1.29 is 4.79 Å². The van der Waals surface area contributed by atoms with Gasteiger partial charge in [-0.15, -0.1) is 0 Å². The number of carbonyl (C=O) groups excluding carboxylic acids is 1. The molecule has 92 valence electrons. The molecule has 0 aliphatic rings. The lowest BCUT2D eigenvalue weighted by atomic mass is 10.0. The van der Waals surface area contributed by atoms with E-state index in [-0.39, 0.29) is 11.2 Å². The maximum Gasteiger partial charge on any atom is 0.271 e. The summed E-state index contributed by atoms with van der Waals surface area (Å²) in [5.41, 5.74) is 3.29. The first-order valence-electron chi connectivity index (χ1n) is 5.66. The summed E-state index contributed by atoms with van der Waals surface area (Å²) in [5.74, 6) is 0. The van der Waals surface area contributed by atoms with Crippen molar-refractivity contribution >= 4 is 12.1 Å². The van der Waals surface area contributed by atoms with Gasteiger partial charge in [0.05, 0.1) is 0 Å². The Morgan fingerprint density at radius 3 is 2.83 bits per heavy atom. The smallest absolute Gasteiger partial charge is 0.271 e. The SMILES string of the molecule is Cc1cccc(Cc2c[nH]c(=O)c(NC=O)c2)c1. The number of nitrogens with one attached hydrogen (secondary N) is 2. The Morgan fingerprint density at radius 2 is 2.11 bits per heavy atom. The van der Waals surface area contributed by atoms with E-state index >= 15 is 0 Å². The lowest BCUT2D eigenvalue weighted by Gasteiger charge is -2.05. The topological polar surface area (TPSA) is 62.0 Å². The molecular weight excluding hydrogens is 228 g/mol. The standard InChI is InChI=1S/C14H14N2O2/c1-10-3-2-4-11(5-10)6-12-7-13(16-9-17)14(18)15-8-12/h2-5,7-9H,6H2,1H3,(H,15,18)(H,16,17). The molecule has 0 fully saturated rings. The third-order valence-corrected chi connectivity index (χ3v) is 2.67. The third-order valence-electron chi connectivity index (χ3n) is 2.67. The molecule has 2 rings (SSSR count). The van der Waals surface area contributed by atoms with Gasteiger partial charge in [0.2, 0.25) is 6.41 Å². The Labute approximate surface area is 105 Å². The largest absolute Gasteiger partial charge is 0.327 e. The monoisotopic (exact) mass is 242 g/mol. The summed E-state index contributed by atoms with van der Waals surface area (Å²) < 4.78 is 0. The van der Waals surface area contributed by atoms with Crippen LogP contribution in [0.2, 0.25) is 0 Å². The molecule has 1 aromatic carbocycles. The van der Waals surface area contributed by atoms with E-state index in [1.54, 1.807) is 12.3 Å². The molecule has 0 aliphatic heterocycles. The fourth-order valence-corrected chi connectivity index (χ4v) is 1.86. The third kappa shape index (κ3) is 2.85. The molecule has 0 saturated carbocycles. The van der Waals surface area contributed by atoms with E-state index in [0.717, 1.165) is 5.56 Å². The van der Waals surface area contributed by atoms with E-state index in [2.05, 4.69) is 16.4 Å². The minimum atomic E-state index is -0.296. The van der Waals surface area contributed by atoms with E-state index in [1.165, 1.54) is 11.1 Å². The Kier molecular flexibility index (Phi) is 3.57. The number of carbonyl (C=O) groups is 1. The van der Waals surface area contributed by atoms with Crippen molar-refractivity contribution in [2.75, 3.05) is 5.32 Å². The van der Waals surface area contributed by atoms with Crippen LogP contribution >= 0.6 is 0 Å². The highest BCUT2D eigenvalue weighted by Crippen LogP contribution is 2.11. The lowest BCUT2D eigenvalue weighted by molar-refractivity contribution is -0.105. The minimum absolute atomic E-state index is 0.273. The molecule has 0 radical (unpaired) electrons. The molecule has 1 heterocycles. The van der Waals surface area contributed by atoms with Crippen LogP contribution in [-0.2, 0) is 11.2 Å². The Hall–Kier alpha value is -2.36. The average Bonchev–Trinajstić information content (AvgIpc) is 2.34. The quantitative estimate of drug-likeness (QED) is 0.804. The Bertz CT molecular complexity index is 617. The number of rotatable bonds is 4. The molecular formula is C14H14N2O2. The second-order valence-electron chi connectivity index (χ2n) is 4.18. The first-order chi connectivity index (χ1) is 8.69. The normalized spacial score (nSPS) is 10.1. The molecule has 2 N–H and O–H groups in total. The fourth-order valence-electron chi connectivity index (χ4n) is 1.86. The summed E-state index contributed by atoms with van der Waals surface area (Å²) in [4.78, 5) is 24.4. The molecule has 0 spiro atoms. The highest BCUT2D eigenvalue weighted by atomic mass is 16.1. The van der Waals surface area contributed by atoms with Crippen LogP contribution in [0.5, 0.6) is 0 Å². The molecule has 1 amide bonds. The summed E-state index contributed by atoms with van der Waals surface area (Å²) in [6.07, 6.45) is 2.88. The summed E-state index contributed by atoms with van der Waals surface area (Å²) >= 11 is 0. The van der Waals surface area contributed by atoms with Crippen LogP contribution in [0.3, 0.4) is 0 Å². The van der Waals surface area contributed by atoms with Gasteiger partial charge < -0.3 is 10.3 Å². The molecule has 0 bridgehead atoms. The predicted octanol–water partition coefficient (Wildman–Crippen LogP) is 1.84. The molecule has 0 atom stereocenters. The second-order valence-corrected chi connectivity index (χ2v) is 4.18. The van der Waals surface area contributed by atoms with Gasteiger partial charge in [-0.2, -0.15) is 0 Å². The number of H-pyrrole nitrogens is 1. The summed E-state index contributed by atoms with van der Waals surface area (Å²) in [5, 5.41) is 2.39. The van der Waals surface area contributed by atoms with Crippen LogP contribution in [0.25, 0.3) is 0 Å². The number of aromatic nitrogens is 1. The van der Waals surface area contributed by atoms with Gasteiger partial charge in [0.1, 0.15) is 5.69 Å². The maximum absolute atomic E-state index is 11.4. The summed E-state index contributed by atoms with van der Waals surface area (Å²) in [6, 6.07) is 9.86. The van der Waals surface area contributed by atoms with Crippen LogP contribution in [-0.4, -0.2) is 11.4 Å². The number of hydrogen-bond donors (Lipinski definition) is 2. The van der Waals surface area contributed by atoms with Crippen molar-refractivity contribution in [3.63, 3.8) is 0 Å². The highest BCUT2D eigenvalue weighted by molar-refractivity contribution is 5.70. The second kappa shape index (κ2) is 5.31. The van der Waals surface area contributed by atoms with Gasteiger partial charge in [0.15, 0.2) is 0 Å². The fraction of sp³-hybridized carbons (Fsp3) is 0.143. The van der Waals surface area contributed by atoms with Gasteiger partial charge in [0, 0.05) is 6.20 Å². The highest BCUT2D eigenvalue weighted by Gasteiger charge is 2.02. The minimum Gasteiger partial charge on any atom is -0.327 e. The Morgan fingerprint density at radius 1 is 1.28 bits per heavy atom. The van der Waals surface area contributed by atoms with Crippen molar-refractivity contribution in [2.45, 2.75) is 13.3 Å². The van der Waals surface area contributed by atoms with Crippen LogP contribution in [0.1, 0.15) is 16.7 Å². The molecule has 18 heavy (non-hydrogen) atoms. The molecule has 0 unspecified atom stereocenters. The number of pyridine rings is 1. The van der Waals surface area contributed by atoms with Gasteiger partial charge >= 0.3 is 0 Å². The van der Waals surface area contributed by atoms with Gasteiger partial charge in [-0.1, -0.05) is 29.8 Å². The van der Waals surface area contributed by atoms with Gasteiger partial charge in [-0.05, 0) is 30.5 Å². The van der Waals surface area contributed by atoms with Gasteiger partial charge in [0.25, 0.3) is 5.56 Å². The van der Waals surface area contributed by atoms with Crippen LogP contribution < -0.4 is 10.9 Å². The molecule has 2 aromatic rings. The van der Waals surface area contributed by atoms with Crippen molar-refractivity contribution in [3.05, 3.63) is 63.6 Å². The van der Waals surface area contributed by atoms with E-state index in [1.807, 2.05) is 25.1 Å². The number of anilines is 1. The zero-order valence-corrected chi connectivity index (χ0v) is 10.1. The molecule has 0 saturated heterocycles. The number of aryl methyl sites for hydroxylation is 1. The first kappa shape index (κ1) is 12.1. The average molecular weight is 242 g/mol. The number of amides is 1. The van der Waals surface area contributed by atoms with Crippen molar-refractivity contribution in [1.29, 1.82) is 0 Å². The molecule has 4 heteroatoms. The van der Waals surface area contributed by atoms with Crippen LogP contribution in [0.15, 0.2) is 41.3 Å². The number of aromatic amines is 1. The molecule has 4 nitrogen and oxygen atoms in total. The predicted molar refractivity (Wildman–Crippen MR) is 70.7 cm³/mol. The zero-order valence-electron chi connectivity index (χ0n) is 10.1. The van der Waals surface area contributed by atoms with Gasteiger partial charge in [-0.25, -0.2) is 0 Å².